The fourth-order valence-electron chi connectivity index (χ4n) is 1.32. The number of hydrogen-bond donors (Lipinski definition) is 2. The maximum atomic E-state index is 11.9. The van der Waals surface area contributed by atoms with Crippen LogP contribution in [0.2, 0.25) is 0 Å². The van der Waals surface area contributed by atoms with Crippen LogP contribution in [0.4, 0.5) is 5.69 Å². The maximum absolute atomic E-state index is 11.9. The standard InChI is InChI=1S/C10H18N4O5S/c1-13(4-3-10(15)16)20(17,18)12-9-7-11-14(8-9)5-6-19-2/h7-8,12H,3-6H2,1-2H3,(H,15,16). The van der Waals surface area contributed by atoms with Crippen molar-refractivity contribution in [1.82, 2.24) is 14.1 Å². The minimum absolute atomic E-state index is 0.109. The van der Waals surface area contributed by atoms with Gasteiger partial charge in [0.1, 0.15) is 0 Å². The highest BCUT2D eigenvalue weighted by Gasteiger charge is 2.19. The highest BCUT2D eigenvalue weighted by molar-refractivity contribution is 7.90. The molecular formula is C10H18N4O5S. The molecule has 1 heterocycles. The van der Waals surface area contributed by atoms with Crippen LogP contribution >= 0.6 is 0 Å². The number of rotatable bonds is 9. The van der Waals surface area contributed by atoms with E-state index in [0.29, 0.717) is 18.8 Å². The Morgan fingerprint density at radius 1 is 1.60 bits per heavy atom. The zero-order valence-corrected chi connectivity index (χ0v) is 12.1. The Balaban J connectivity index is 2.61. The number of methoxy groups -OCH3 is 1. The van der Waals surface area contributed by atoms with E-state index >= 15 is 0 Å². The molecule has 2 N–H and O–H groups in total. The van der Waals surface area contributed by atoms with E-state index in [2.05, 4.69) is 9.82 Å². The molecule has 0 saturated carbocycles. The summed E-state index contributed by atoms with van der Waals surface area (Å²) < 4.78 is 33.5. The molecular weight excluding hydrogens is 288 g/mol. The van der Waals surface area contributed by atoms with Gasteiger partial charge in [-0.3, -0.25) is 14.2 Å². The third kappa shape index (κ3) is 5.15. The summed E-state index contributed by atoms with van der Waals surface area (Å²) in [5.74, 6) is -1.06. The molecule has 10 heteroatoms. The summed E-state index contributed by atoms with van der Waals surface area (Å²) in [6.45, 7) is 0.863. The molecule has 0 unspecified atom stereocenters. The Morgan fingerprint density at radius 2 is 2.30 bits per heavy atom. The van der Waals surface area contributed by atoms with Gasteiger partial charge in [-0.2, -0.15) is 17.8 Å². The summed E-state index contributed by atoms with van der Waals surface area (Å²) in [5.41, 5.74) is 0.309. The molecule has 0 aliphatic carbocycles. The first-order chi connectivity index (χ1) is 9.35. The lowest BCUT2D eigenvalue weighted by atomic mass is 10.4. The molecule has 0 aliphatic heterocycles. The molecule has 0 bridgehead atoms. The van der Waals surface area contributed by atoms with Crippen molar-refractivity contribution in [2.45, 2.75) is 13.0 Å². The third-order valence-electron chi connectivity index (χ3n) is 2.46. The van der Waals surface area contributed by atoms with Crippen molar-refractivity contribution in [2.24, 2.45) is 0 Å². The van der Waals surface area contributed by atoms with Crippen molar-refractivity contribution in [1.29, 1.82) is 0 Å². The summed E-state index contributed by atoms with van der Waals surface area (Å²) in [5, 5.41) is 12.5. The van der Waals surface area contributed by atoms with Crippen molar-refractivity contribution in [3.63, 3.8) is 0 Å². The monoisotopic (exact) mass is 306 g/mol. The lowest BCUT2D eigenvalue weighted by Crippen LogP contribution is -2.34. The predicted octanol–water partition coefficient (Wildman–Crippen LogP) is -0.407. The first-order valence-corrected chi connectivity index (χ1v) is 7.26. The van der Waals surface area contributed by atoms with Gasteiger partial charge in [0, 0.05) is 26.9 Å². The second-order valence-electron chi connectivity index (χ2n) is 4.06. The van der Waals surface area contributed by atoms with Crippen LogP contribution in [0.15, 0.2) is 12.4 Å². The second kappa shape index (κ2) is 7.22. The van der Waals surface area contributed by atoms with Crippen molar-refractivity contribution in [2.75, 3.05) is 32.0 Å². The number of carboxylic acids is 1. The first kappa shape index (κ1) is 16.4. The molecule has 1 aromatic rings. The van der Waals surface area contributed by atoms with E-state index in [9.17, 15) is 13.2 Å². The number of anilines is 1. The van der Waals surface area contributed by atoms with Gasteiger partial charge in [0.15, 0.2) is 0 Å². The Kier molecular flexibility index (Phi) is 5.92. The SMILES string of the molecule is COCCn1cc(NS(=O)(=O)N(C)CCC(=O)O)cn1. The number of ether oxygens (including phenoxy) is 1. The largest absolute Gasteiger partial charge is 0.481 e. The van der Waals surface area contributed by atoms with Crippen molar-refractivity contribution in [3.05, 3.63) is 12.4 Å². The van der Waals surface area contributed by atoms with Crippen molar-refractivity contribution in [3.8, 4) is 0 Å². The first-order valence-electron chi connectivity index (χ1n) is 5.82. The number of aromatic nitrogens is 2. The van der Waals surface area contributed by atoms with Gasteiger partial charge in [-0.25, -0.2) is 0 Å². The Morgan fingerprint density at radius 3 is 2.90 bits per heavy atom. The Bertz CT molecular complexity index is 542. The van der Waals surface area contributed by atoms with Gasteiger partial charge in [-0.15, -0.1) is 0 Å². The molecule has 9 nitrogen and oxygen atoms in total. The number of hydrogen-bond acceptors (Lipinski definition) is 5. The zero-order valence-electron chi connectivity index (χ0n) is 11.3. The zero-order chi connectivity index (χ0) is 15.2. The lowest BCUT2D eigenvalue weighted by molar-refractivity contribution is -0.137. The smallest absolute Gasteiger partial charge is 0.304 e. The van der Waals surface area contributed by atoms with Crippen molar-refractivity contribution < 1.29 is 23.1 Å². The van der Waals surface area contributed by atoms with E-state index < -0.39 is 16.2 Å². The van der Waals surface area contributed by atoms with Gasteiger partial charge in [0.2, 0.25) is 0 Å². The number of aliphatic carboxylic acids is 1. The molecule has 20 heavy (non-hydrogen) atoms. The fraction of sp³-hybridized carbons (Fsp3) is 0.600. The van der Waals surface area contributed by atoms with Gasteiger partial charge in [-0.05, 0) is 0 Å². The summed E-state index contributed by atoms with van der Waals surface area (Å²) >= 11 is 0. The van der Waals surface area contributed by atoms with Crippen LogP contribution in [0.3, 0.4) is 0 Å². The summed E-state index contributed by atoms with van der Waals surface area (Å²) in [4.78, 5) is 10.4. The van der Waals surface area contributed by atoms with Crippen LogP contribution < -0.4 is 4.72 Å². The van der Waals surface area contributed by atoms with Crippen molar-refractivity contribution >= 4 is 21.9 Å². The molecule has 0 aromatic carbocycles. The predicted molar refractivity (Wildman–Crippen MR) is 71.5 cm³/mol. The molecule has 0 aliphatic rings. The summed E-state index contributed by atoms with van der Waals surface area (Å²) in [7, 11) is -0.915. The highest BCUT2D eigenvalue weighted by Crippen LogP contribution is 2.10. The maximum Gasteiger partial charge on any atom is 0.304 e. The van der Waals surface area contributed by atoms with E-state index in [4.69, 9.17) is 9.84 Å². The van der Waals surface area contributed by atoms with E-state index in [0.717, 1.165) is 4.31 Å². The highest BCUT2D eigenvalue weighted by atomic mass is 32.2. The quantitative estimate of drug-likeness (QED) is 0.641. The Hall–Kier alpha value is -1.65. The molecule has 1 rings (SSSR count). The van der Waals surface area contributed by atoms with E-state index in [1.54, 1.807) is 11.8 Å². The van der Waals surface area contributed by atoms with Crippen LogP contribution in [-0.2, 0) is 26.3 Å². The average Bonchev–Trinajstić information content (AvgIpc) is 2.80. The van der Waals surface area contributed by atoms with Crippen LogP contribution in [0.5, 0.6) is 0 Å². The van der Waals surface area contributed by atoms with Gasteiger partial charge < -0.3 is 9.84 Å². The molecule has 0 amide bonds. The van der Waals surface area contributed by atoms with Crippen LogP contribution in [0, 0.1) is 0 Å². The molecule has 0 radical (unpaired) electrons. The normalized spacial score (nSPS) is 11.8. The van der Waals surface area contributed by atoms with Crippen LogP contribution in [0.25, 0.3) is 0 Å². The number of carboxylic acid groups (broad SMARTS) is 1. The number of nitrogens with one attached hydrogen (secondary N) is 1. The van der Waals surface area contributed by atoms with Gasteiger partial charge >= 0.3 is 16.2 Å². The molecule has 0 fully saturated rings. The molecule has 0 saturated heterocycles. The minimum atomic E-state index is -3.78. The van der Waals surface area contributed by atoms with Gasteiger partial charge in [0.25, 0.3) is 0 Å². The molecule has 1 aromatic heterocycles. The van der Waals surface area contributed by atoms with E-state index in [1.165, 1.54) is 19.4 Å². The van der Waals surface area contributed by atoms with Crippen LogP contribution in [0.1, 0.15) is 6.42 Å². The van der Waals surface area contributed by atoms with Gasteiger partial charge in [0.05, 0.1) is 31.5 Å². The number of carbonyl (C=O) groups is 1. The second-order valence-corrected chi connectivity index (χ2v) is 5.83. The van der Waals surface area contributed by atoms with Gasteiger partial charge in [-0.1, -0.05) is 0 Å². The molecule has 0 spiro atoms. The topological polar surface area (TPSA) is 114 Å². The van der Waals surface area contributed by atoms with E-state index in [1.807, 2.05) is 0 Å². The van der Waals surface area contributed by atoms with E-state index in [-0.39, 0.29) is 13.0 Å². The Labute approximate surface area is 117 Å². The summed E-state index contributed by atoms with van der Waals surface area (Å²) in [6, 6.07) is 0. The van der Waals surface area contributed by atoms with Crippen LogP contribution in [-0.4, -0.2) is 60.9 Å². The average molecular weight is 306 g/mol. The third-order valence-corrected chi connectivity index (χ3v) is 3.95. The summed E-state index contributed by atoms with van der Waals surface area (Å²) in [6.07, 6.45) is 2.64. The molecule has 0 atom stereocenters. The lowest BCUT2D eigenvalue weighted by Gasteiger charge is -2.16. The minimum Gasteiger partial charge on any atom is -0.481 e. The number of nitrogens with zero attached hydrogens (tertiary/aromatic N) is 3. The fourth-order valence-corrected chi connectivity index (χ4v) is 2.21. The molecule has 114 valence electrons.